The summed E-state index contributed by atoms with van der Waals surface area (Å²) in [6.07, 6.45) is 0.240. The fourth-order valence-electron chi connectivity index (χ4n) is 1.94. The summed E-state index contributed by atoms with van der Waals surface area (Å²) in [5.41, 5.74) is 6.99. The van der Waals surface area contributed by atoms with Crippen LogP contribution in [0.25, 0.3) is 0 Å². The van der Waals surface area contributed by atoms with Gasteiger partial charge in [-0.2, -0.15) is 5.26 Å². The van der Waals surface area contributed by atoms with Crippen molar-refractivity contribution < 1.29 is 14.3 Å². The van der Waals surface area contributed by atoms with Gasteiger partial charge in [0, 0.05) is 18.1 Å². The molecule has 1 aliphatic heterocycles. The summed E-state index contributed by atoms with van der Waals surface area (Å²) in [5, 5.41) is 11.5. The number of ether oxygens (including phenoxy) is 2. The average molecular weight is 259 g/mol. The van der Waals surface area contributed by atoms with Crippen LogP contribution >= 0.6 is 0 Å². The minimum atomic E-state index is -0.380. The van der Waals surface area contributed by atoms with E-state index in [9.17, 15) is 4.79 Å². The predicted molar refractivity (Wildman–Crippen MR) is 67.5 cm³/mol. The van der Waals surface area contributed by atoms with Gasteiger partial charge in [-0.05, 0) is 6.07 Å². The zero-order valence-electron chi connectivity index (χ0n) is 10.6. The molecule has 0 radical (unpaired) electrons. The Bertz CT molecular complexity index is 614. The van der Waals surface area contributed by atoms with Crippen molar-refractivity contribution in [3.05, 3.63) is 34.7 Å². The van der Waals surface area contributed by atoms with E-state index >= 15 is 0 Å². The van der Waals surface area contributed by atoms with Crippen molar-refractivity contribution in [2.75, 3.05) is 14.2 Å². The number of carbonyl (C=O) groups is 1. The molecule has 0 spiro atoms. The number of amides is 1. The van der Waals surface area contributed by atoms with Crippen molar-refractivity contribution in [2.45, 2.75) is 6.42 Å². The van der Waals surface area contributed by atoms with E-state index in [0.29, 0.717) is 28.2 Å². The summed E-state index contributed by atoms with van der Waals surface area (Å²) in [4.78, 5) is 12.1. The van der Waals surface area contributed by atoms with Gasteiger partial charge in [-0.1, -0.05) is 0 Å². The van der Waals surface area contributed by atoms with Gasteiger partial charge in [-0.15, -0.1) is 0 Å². The molecule has 19 heavy (non-hydrogen) atoms. The highest BCUT2D eigenvalue weighted by atomic mass is 16.5. The first-order valence-electron chi connectivity index (χ1n) is 5.55. The molecule has 0 aliphatic carbocycles. The molecule has 0 aromatic heterocycles. The predicted octanol–water partition coefficient (Wildman–Crippen LogP) is 0.684. The SMILES string of the molecule is COc1cc(OC)c2c(c1)C(=O)NC(N)=C(C#N)C2. The highest BCUT2D eigenvalue weighted by Crippen LogP contribution is 2.32. The minimum Gasteiger partial charge on any atom is -0.497 e. The van der Waals surface area contributed by atoms with Crippen LogP contribution in [0.3, 0.4) is 0 Å². The van der Waals surface area contributed by atoms with Gasteiger partial charge >= 0.3 is 0 Å². The van der Waals surface area contributed by atoms with Crippen molar-refractivity contribution in [1.82, 2.24) is 5.32 Å². The molecule has 1 aromatic carbocycles. The highest BCUT2D eigenvalue weighted by Gasteiger charge is 2.24. The molecule has 1 aromatic rings. The molecule has 1 heterocycles. The number of nitriles is 1. The van der Waals surface area contributed by atoms with Gasteiger partial charge in [0.25, 0.3) is 5.91 Å². The number of nitrogens with one attached hydrogen (secondary N) is 1. The summed E-state index contributed by atoms with van der Waals surface area (Å²) in [6, 6.07) is 5.26. The van der Waals surface area contributed by atoms with Gasteiger partial charge in [0.2, 0.25) is 0 Å². The Morgan fingerprint density at radius 1 is 1.37 bits per heavy atom. The van der Waals surface area contributed by atoms with Crippen LogP contribution in [0.1, 0.15) is 15.9 Å². The topological polar surface area (TPSA) is 97.4 Å². The third-order valence-corrected chi connectivity index (χ3v) is 2.94. The lowest BCUT2D eigenvalue weighted by molar-refractivity contribution is 0.0965. The van der Waals surface area contributed by atoms with Crippen molar-refractivity contribution in [2.24, 2.45) is 5.73 Å². The molecule has 0 saturated carbocycles. The molecule has 2 rings (SSSR count). The number of carbonyl (C=O) groups excluding carboxylic acids is 1. The van der Waals surface area contributed by atoms with E-state index in [2.05, 4.69) is 5.32 Å². The maximum Gasteiger partial charge on any atom is 0.257 e. The maximum atomic E-state index is 12.1. The number of rotatable bonds is 2. The quantitative estimate of drug-likeness (QED) is 0.814. The van der Waals surface area contributed by atoms with Gasteiger partial charge in [0.15, 0.2) is 0 Å². The van der Waals surface area contributed by atoms with Gasteiger partial charge < -0.3 is 20.5 Å². The van der Waals surface area contributed by atoms with Crippen molar-refractivity contribution in [1.29, 1.82) is 5.26 Å². The van der Waals surface area contributed by atoms with Crippen molar-refractivity contribution in [3.8, 4) is 17.6 Å². The van der Waals surface area contributed by atoms with Crippen LogP contribution in [-0.2, 0) is 6.42 Å². The number of methoxy groups -OCH3 is 2. The lowest BCUT2D eigenvalue weighted by Crippen LogP contribution is -2.27. The van der Waals surface area contributed by atoms with E-state index in [1.165, 1.54) is 14.2 Å². The number of hydrogen-bond acceptors (Lipinski definition) is 5. The zero-order valence-corrected chi connectivity index (χ0v) is 10.6. The van der Waals surface area contributed by atoms with Crippen LogP contribution in [0.4, 0.5) is 0 Å². The van der Waals surface area contributed by atoms with Crippen LogP contribution in [0.5, 0.6) is 11.5 Å². The Kier molecular flexibility index (Phi) is 3.29. The second-order valence-corrected chi connectivity index (χ2v) is 3.99. The first kappa shape index (κ1) is 12.8. The van der Waals surface area contributed by atoms with Crippen LogP contribution in [0, 0.1) is 11.3 Å². The van der Waals surface area contributed by atoms with Crippen LogP contribution in [0.2, 0.25) is 0 Å². The average Bonchev–Trinajstić information content (AvgIpc) is 2.54. The van der Waals surface area contributed by atoms with Crippen molar-refractivity contribution >= 4 is 5.91 Å². The van der Waals surface area contributed by atoms with Crippen LogP contribution in [-0.4, -0.2) is 20.1 Å². The highest BCUT2D eigenvalue weighted by molar-refractivity contribution is 5.98. The van der Waals surface area contributed by atoms with Crippen molar-refractivity contribution in [3.63, 3.8) is 0 Å². The summed E-state index contributed by atoms with van der Waals surface area (Å²) >= 11 is 0. The van der Waals surface area contributed by atoms with Crippen LogP contribution < -0.4 is 20.5 Å². The molecule has 98 valence electrons. The number of hydrogen-bond donors (Lipinski definition) is 2. The van der Waals surface area contributed by atoms with Crippen LogP contribution in [0.15, 0.2) is 23.5 Å². The Labute approximate surface area is 110 Å². The van der Waals surface area contributed by atoms with E-state index < -0.39 is 0 Å². The lowest BCUT2D eigenvalue weighted by Gasteiger charge is -2.12. The standard InChI is InChI=1S/C13H13N3O3/c1-18-8-4-10-9(11(5-8)19-2)3-7(6-14)12(15)16-13(10)17/h4-5H,3,15H2,1-2H3,(H,16,17). The summed E-state index contributed by atoms with van der Waals surface area (Å²) < 4.78 is 10.4. The molecule has 6 nitrogen and oxygen atoms in total. The molecule has 1 amide bonds. The van der Waals surface area contributed by atoms with E-state index in [1.807, 2.05) is 6.07 Å². The first-order valence-corrected chi connectivity index (χ1v) is 5.55. The fraction of sp³-hybridized carbons (Fsp3) is 0.231. The Balaban J connectivity index is 2.65. The molecule has 3 N–H and O–H groups in total. The molecule has 6 heteroatoms. The largest absolute Gasteiger partial charge is 0.497 e. The summed E-state index contributed by atoms with van der Waals surface area (Å²) in [7, 11) is 3.00. The smallest absolute Gasteiger partial charge is 0.257 e. The van der Waals surface area contributed by atoms with Gasteiger partial charge in [0.1, 0.15) is 17.3 Å². The number of nitrogens with two attached hydrogens (primary N) is 1. The van der Waals surface area contributed by atoms with E-state index in [1.54, 1.807) is 12.1 Å². The molecular formula is C13H13N3O3. The Hall–Kier alpha value is -2.68. The normalized spacial score (nSPS) is 14.1. The minimum absolute atomic E-state index is 0.0738. The molecule has 0 fully saturated rings. The maximum absolute atomic E-state index is 12.1. The summed E-state index contributed by atoms with van der Waals surface area (Å²) in [6.45, 7) is 0. The fourth-order valence-corrected chi connectivity index (χ4v) is 1.94. The number of benzene rings is 1. The Morgan fingerprint density at radius 2 is 2.11 bits per heavy atom. The molecule has 0 bridgehead atoms. The number of allylic oxidation sites excluding steroid dienone is 1. The first-order chi connectivity index (χ1) is 9.10. The molecule has 0 atom stereocenters. The molecular weight excluding hydrogens is 246 g/mol. The molecule has 0 saturated heterocycles. The third kappa shape index (κ3) is 2.18. The Morgan fingerprint density at radius 3 is 2.68 bits per heavy atom. The van der Waals surface area contributed by atoms with Gasteiger partial charge in [-0.3, -0.25) is 4.79 Å². The van der Waals surface area contributed by atoms with E-state index in [0.717, 1.165) is 0 Å². The summed E-state index contributed by atoms with van der Waals surface area (Å²) in [5.74, 6) is 0.691. The number of nitrogens with zero attached hydrogens (tertiary/aromatic N) is 1. The van der Waals surface area contributed by atoms with E-state index in [-0.39, 0.29) is 18.1 Å². The zero-order chi connectivity index (χ0) is 14.0. The second kappa shape index (κ2) is 4.90. The number of fused-ring (bicyclic) bond motifs is 1. The van der Waals surface area contributed by atoms with E-state index in [4.69, 9.17) is 20.5 Å². The monoisotopic (exact) mass is 259 g/mol. The second-order valence-electron chi connectivity index (χ2n) is 3.99. The van der Waals surface area contributed by atoms with Gasteiger partial charge in [0.05, 0.1) is 31.4 Å². The molecule has 1 aliphatic rings. The molecule has 0 unspecified atom stereocenters. The lowest BCUT2D eigenvalue weighted by atomic mass is 9.99. The van der Waals surface area contributed by atoms with Gasteiger partial charge in [-0.25, -0.2) is 0 Å². The third-order valence-electron chi connectivity index (χ3n) is 2.94.